The summed E-state index contributed by atoms with van der Waals surface area (Å²) in [7, 11) is 1.63. The number of nitrogens with one attached hydrogen (secondary N) is 1. The second-order valence-corrected chi connectivity index (χ2v) is 7.05. The van der Waals surface area contributed by atoms with Gasteiger partial charge in [0.2, 0.25) is 0 Å². The highest BCUT2D eigenvalue weighted by Crippen LogP contribution is 2.26. The first-order valence-corrected chi connectivity index (χ1v) is 9.87. The van der Waals surface area contributed by atoms with E-state index in [9.17, 15) is 4.79 Å². The van der Waals surface area contributed by atoms with E-state index in [4.69, 9.17) is 19.2 Å². The number of rotatable bonds is 6. The normalized spacial score (nSPS) is 14.7. The summed E-state index contributed by atoms with van der Waals surface area (Å²) >= 11 is 0. The Morgan fingerprint density at radius 1 is 1.10 bits per heavy atom. The highest BCUT2D eigenvalue weighted by Gasteiger charge is 2.18. The number of methoxy groups -OCH3 is 1. The van der Waals surface area contributed by atoms with Gasteiger partial charge in [0.05, 0.1) is 37.1 Å². The number of esters is 1. The summed E-state index contributed by atoms with van der Waals surface area (Å²) in [5.41, 5.74) is 2.96. The molecule has 6 heteroatoms. The molecular weight excluding hydrogens is 368 g/mol. The molecule has 0 bridgehead atoms. The third-order valence-electron chi connectivity index (χ3n) is 5.21. The number of pyridine rings is 1. The number of carbonyl (C=O) groups excluding carboxylic acids is 1. The second-order valence-electron chi connectivity index (χ2n) is 7.05. The number of benzene rings is 2. The molecule has 1 aliphatic rings. The number of para-hydroxylation sites is 1. The Morgan fingerprint density at radius 2 is 1.86 bits per heavy atom. The van der Waals surface area contributed by atoms with Crippen LogP contribution in [0.4, 0.5) is 0 Å². The third-order valence-corrected chi connectivity index (χ3v) is 5.21. The Kier molecular flexibility index (Phi) is 6.03. The van der Waals surface area contributed by atoms with Crippen molar-refractivity contribution in [3.8, 4) is 17.0 Å². The molecule has 0 atom stereocenters. The average molecular weight is 393 g/mol. The molecule has 4 rings (SSSR count). The number of quaternary nitrogens is 1. The van der Waals surface area contributed by atoms with Gasteiger partial charge in [-0.15, -0.1) is 0 Å². The number of morpholine rings is 1. The fraction of sp³-hybridized carbons (Fsp3) is 0.304. The van der Waals surface area contributed by atoms with Gasteiger partial charge in [-0.3, -0.25) is 0 Å². The van der Waals surface area contributed by atoms with Gasteiger partial charge in [0.25, 0.3) is 0 Å². The molecule has 1 saturated heterocycles. The number of aromatic nitrogens is 1. The fourth-order valence-electron chi connectivity index (χ4n) is 3.53. The number of ether oxygens (including phenoxy) is 3. The molecule has 0 radical (unpaired) electrons. The van der Waals surface area contributed by atoms with E-state index < -0.39 is 0 Å². The quantitative estimate of drug-likeness (QED) is 0.649. The number of carbonyl (C=O) groups is 1. The van der Waals surface area contributed by atoms with Gasteiger partial charge < -0.3 is 19.1 Å². The van der Waals surface area contributed by atoms with E-state index in [0.717, 1.165) is 60.8 Å². The molecule has 0 aliphatic carbocycles. The molecule has 0 unspecified atom stereocenters. The number of fused-ring (bicyclic) bond motifs is 1. The maximum atomic E-state index is 12.9. The molecule has 6 nitrogen and oxygen atoms in total. The van der Waals surface area contributed by atoms with Crippen molar-refractivity contribution in [3.63, 3.8) is 0 Å². The van der Waals surface area contributed by atoms with E-state index in [-0.39, 0.29) is 5.97 Å². The van der Waals surface area contributed by atoms with Gasteiger partial charge in [-0.2, -0.15) is 0 Å². The molecule has 1 fully saturated rings. The molecule has 2 aromatic carbocycles. The summed E-state index contributed by atoms with van der Waals surface area (Å²) in [6.07, 6.45) is 0. The Labute approximate surface area is 170 Å². The molecule has 3 aromatic rings. The summed E-state index contributed by atoms with van der Waals surface area (Å²) in [4.78, 5) is 19.0. The Morgan fingerprint density at radius 3 is 2.62 bits per heavy atom. The average Bonchev–Trinajstić information content (AvgIpc) is 2.79. The minimum absolute atomic E-state index is 0.314. The molecule has 0 amide bonds. The lowest BCUT2D eigenvalue weighted by Crippen LogP contribution is -3.14. The number of hydrogen-bond acceptors (Lipinski definition) is 5. The van der Waals surface area contributed by atoms with Crippen LogP contribution < -0.4 is 9.64 Å². The minimum Gasteiger partial charge on any atom is -0.497 e. The molecule has 1 aromatic heterocycles. The smallest absolute Gasteiger partial charge is 0.339 e. The van der Waals surface area contributed by atoms with E-state index in [2.05, 4.69) is 0 Å². The lowest BCUT2D eigenvalue weighted by Gasteiger charge is -2.23. The van der Waals surface area contributed by atoms with Gasteiger partial charge in [-0.25, -0.2) is 9.78 Å². The van der Waals surface area contributed by atoms with Crippen molar-refractivity contribution in [2.75, 3.05) is 46.6 Å². The van der Waals surface area contributed by atoms with E-state index in [1.54, 1.807) is 7.11 Å². The van der Waals surface area contributed by atoms with Crippen molar-refractivity contribution >= 4 is 16.9 Å². The van der Waals surface area contributed by atoms with Crippen molar-refractivity contribution in [2.45, 2.75) is 0 Å². The van der Waals surface area contributed by atoms with E-state index in [1.807, 2.05) is 54.6 Å². The van der Waals surface area contributed by atoms with Crippen molar-refractivity contribution in [1.29, 1.82) is 0 Å². The van der Waals surface area contributed by atoms with Crippen LogP contribution in [0.5, 0.6) is 5.75 Å². The van der Waals surface area contributed by atoms with Gasteiger partial charge in [-0.1, -0.05) is 18.2 Å². The van der Waals surface area contributed by atoms with E-state index in [1.165, 1.54) is 4.90 Å². The zero-order chi connectivity index (χ0) is 20.1. The van der Waals surface area contributed by atoms with Crippen LogP contribution in [-0.2, 0) is 9.47 Å². The summed E-state index contributed by atoms with van der Waals surface area (Å²) in [5.74, 6) is 0.464. The van der Waals surface area contributed by atoms with Crippen LogP contribution in [0, 0.1) is 0 Å². The largest absolute Gasteiger partial charge is 0.497 e. The van der Waals surface area contributed by atoms with Gasteiger partial charge >= 0.3 is 5.97 Å². The van der Waals surface area contributed by atoms with Crippen LogP contribution in [-0.4, -0.2) is 57.5 Å². The van der Waals surface area contributed by atoms with E-state index in [0.29, 0.717) is 12.2 Å². The number of nitrogens with zero attached hydrogens (tertiary/aromatic N) is 1. The Bertz CT molecular complexity index is 982. The first-order valence-electron chi connectivity index (χ1n) is 9.87. The predicted octanol–water partition coefficient (Wildman–Crippen LogP) is 1.98. The molecule has 0 saturated carbocycles. The number of hydrogen-bond donors (Lipinski definition) is 1. The minimum atomic E-state index is -0.314. The lowest BCUT2D eigenvalue weighted by atomic mass is 10.0. The van der Waals surface area contributed by atoms with Crippen LogP contribution in [0.1, 0.15) is 10.4 Å². The molecular formula is C23H25N2O4+. The summed E-state index contributed by atoms with van der Waals surface area (Å²) in [6.45, 7) is 4.63. The molecule has 29 heavy (non-hydrogen) atoms. The Balaban J connectivity index is 1.57. The van der Waals surface area contributed by atoms with E-state index >= 15 is 0 Å². The van der Waals surface area contributed by atoms with Crippen LogP contribution in [0.15, 0.2) is 54.6 Å². The van der Waals surface area contributed by atoms with Crippen molar-refractivity contribution in [1.82, 2.24) is 4.98 Å². The predicted molar refractivity (Wildman–Crippen MR) is 110 cm³/mol. The van der Waals surface area contributed by atoms with Gasteiger partial charge in [0, 0.05) is 10.9 Å². The first-order chi connectivity index (χ1) is 14.2. The molecule has 1 aliphatic heterocycles. The SMILES string of the molecule is COc1ccc(-c2cc(C(=O)OCC[NH+]3CCOCC3)c3ccccc3n2)cc1. The van der Waals surface area contributed by atoms with Crippen LogP contribution >= 0.6 is 0 Å². The van der Waals surface area contributed by atoms with Gasteiger partial charge in [0.15, 0.2) is 0 Å². The highest BCUT2D eigenvalue weighted by atomic mass is 16.5. The van der Waals surface area contributed by atoms with Crippen LogP contribution in [0.25, 0.3) is 22.2 Å². The monoisotopic (exact) mass is 393 g/mol. The Hall–Kier alpha value is -2.96. The van der Waals surface area contributed by atoms with Gasteiger partial charge in [0.1, 0.15) is 32.0 Å². The van der Waals surface area contributed by atoms with Crippen LogP contribution in [0.3, 0.4) is 0 Å². The summed E-state index contributed by atoms with van der Waals surface area (Å²) < 4.78 is 16.2. The zero-order valence-electron chi connectivity index (χ0n) is 16.5. The summed E-state index contributed by atoms with van der Waals surface area (Å²) in [6, 6.07) is 17.1. The topological polar surface area (TPSA) is 62.1 Å². The highest BCUT2D eigenvalue weighted by molar-refractivity contribution is 6.04. The molecule has 2 heterocycles. The van der Waals surface area contributed by atoms with Gasteiger partial charge in [-0.05, 0) is 36.4 Å². The third kappa shape index (κ3) is 4.55. The first kappa shape index (κ1) is 19.4. The fourth-order valence-corrected chi connectivity index (χ4v) is 3.53. The molecule has 0 spiro atoms. The van der Waals surface area contributed by atoms with Crippen molar-refractivity contribution < 1.29 is 23.9 Å². The maximum absolute atomic E-state index is 12.9. The maximum Gasteiger partial charge on any atom is 0.339 e. The second kappa shape index (κ2) is 9.03. The molecule has 1 N–H and O–H groups in total. The molecule has 150 valence electrons. The van der Waals surface area contributed by atoms with Crippen molar-refractivity contribution in [2.24, 2.45) is 0 Å². The zero-order valence-corrected chi connectivity index (χ0v) is 16.5. The summed E-state index contributed by atoms with van der Waals surface area (Å²) in [5, 5.41) is 0.800. The lowest BCUT2D eigenvalue weighted by molar-refractivity contribution is -0.908. The van der Waals surface area contributed by atoms with Crippen LogP contribution in [0.2, 0.25) is 0 Å². The van der Waals surface area contributed by atoms with Crippen molar-refractivity contribution in [3.05, 3.63) is 60.2 Å². The standard InChI is InChI=1S/C23H24N2O4/c1-27-18-8-6-17(7-9-18)22-16-20(19-4-2-3-5-21(19)24-22)23(26)29-15-12-25-10-13-28-14-11-25/h2-9,16H,10-15H2,1H3/p+1.